The Morgan fingerprint density at radius 1 is 1.22 bits per heavy atom. The highest BCUT2D eigenvalue weighted by atomic mass is 16.6. The minimum Gasteiger partial charge on any atom is -0.463 e. The Morgan fingerprint density at radius 3 is 2.61 bits per heavy atom. The van der Waals surface area contributed by atoms with Crippen LogP contribution >= 0.6 is 0 Å². The third-order valence-electron chi connectivity index (χ3n) is 2.40. The van der Waals surface area contributed by atoms with Gasteiger partial charge in [-0.2, -0.15) is 0 Å². The minimum atomic E-state index is -0.200. The van der Waals surface area contributed by atoms with Gasteiger partial charge in [0.15, 0.2) is 0 Å². The number of hydrogen-bond donors (Lipinski definition) is 1. The van der Waals surface area contributed by atoms with Crippen molar-refractivity contribution in [3.05, 3.63) is 29.8 Å². The van der Waals surface area contributed by atoms with Crippen LogP contribution in [0.25, 0.3) is 0 Å². The fraction of sp³-hybridized carbons (Fsp3) is 0.500. The van der Waals surface area contributed by atoms with E-state index in [2.05, 4.69) is 5.32 Å². The molecular formula is C14H21NO3. The van der Waals surface area contributed by atoms with Crippen molar-refractivity contribution in [1.82, 2.24) is 0 Å². The highest BCUT2D eigenvalue weighted by Crippen LogP contribution is 2.08. The lowest BCUT2D eigenvalue weighted by molar-refractivity contribution is -0.144. The SMILES string of the molecule is CCOCCOC(=O)CCNc1ccc(C)cc1. The maximum Gasteiger partial charge on any atom is 0.307 e. The molecule has 0 saturated carbocycles. The van der Waals surface area contributed by atoms with Gasteiger partial charge < -0.3 is 14.8 Å². The zero-order valence-electron chi connectivity index (χ0n) is 11.1. The molecule has 1 aromatic rings. The van der Waals surface area contributed by atoms with Crippen LogP contribution in [0.5, 0.6) is 0 Å². The van der Waals surface area contributed by atoms with Gasteiger partial charge in [-0.3, -0.25) is 4.79 Å². The van der Waals surface area contributed by atoms with Gasteiger partial charge in [-0.25, -0.2) is 0 Å². The maximum atomic E-state index is 11.3. The molecule has 0 atom stereocenters. The molecule has 0 aromatic heterocycles. The zero-order valence-corrected chi connectivity index (χ0v) is 11.1. The summed E-state index contributed by atoms with van der Waals surface area (Å²) in [6, 6.07) is 8.05. The first-order valence-electron chi connectivity index (χ1n) is 6.26. The number of carbonyl (C=O) groups is 1. The summed E-state index contributed by atoms with van der Waals surface area (Å²) in [5.74, 6) is -0.200. The van der Waals surface area contributed by atoms with Crippen molar-refractivity contribution in [1.29, 1.82) is 0 Å². The maximum absolute atomic E-state index is 11.3. The Labute approximate surface area is 108 Å². The fourth-order valence-electron chi connectivity index (χ4n) is 1.41. The van der Waals surface area contributed by atoms with E-state index in [-0.39, 0.29) is 5.97 Å². The normalized spacial score (nSPS) is 10.1. The van der Waals surface area contributed by atoms with Gasteiger partial charge in [0.2, 0.25) is 0 Å². The summed E-state index contributed by atoms with van der Waals surface area (Å²) in [6.07, 6.45) is 0.361. The molecule has 1 aromatic carbocycles. The van der Waals surface area contributed by atoms with Crippen molar-refractivity contribution in [3.8, 4) is 0 Å². The van der Waals surface area contributed by atoms with E-state index < -0.39 is 0 Å². The molecule has 100 valence electrons. The highest BCUT2D eigenvalue weighted by Gasteiger charge is 2.02. The van der Waals surface area contributed by atoms with Crippen molar-refractivity contribution >= 4 is 11.7 Å². The molecule has 0 unspecified atom stereocenters. The first-order chi connectivity index (χ1) is 8.72. The summed E-state index contributed by atoms with van der Waals surface area (Å²) in [7, 11) is 0. The van der Waals surface area contributed by atoms with Crippen molar-refractivity contribution in [2.24, 2.45) is 0 Å². The van der Waals surface area contributed by atoms with Crippen LogP contribution in [0.4, 0.5) is 5.69 Å². The molecule has 0 aliphatic rings. The van der Waals surface area contributed by atoms with E-state index >= 15 is 0 Å². The number of nitrogens with one attached hydrogen (secondary N) is 1. The molecule has 0 aliphatic heterocycles. The lowest BCUT2D eigenvalue weighted by Crippen LogP contribution is -2.14. The van der Waals surface area contributed by atoms with E-state index in [4.69, 9.17) is 9.47 Å². The smallest absolute Gasteiger partial charge is 0.307 e. The van der Waals surface area contributed by atoms with Gasteiger partial charge in [0.05, 0.1) is 13.0 Å². The van der Waals surface area contributed by atoms with Gasteiger partial charge in [-0.05, 0) is 26.0 Å². The molecule has 1 rings (SSSR count). The van der Waals surface area contributed by atoms with E-state index in [1.807, 2.05) is 38.1 Å². The second-order valence-corrected chi connectivity index (χ2v) is 3.96. The number of hydrogen-bond acceptors (Lipinski definition) is 4. The first kappa shape index (κ1) is 14.5. The predicted molar refractivity (Wildman–Crippen MR) is 71.7 cm³/mol. The molecule has 0 fully saturated rings. The first-order valence-corrected chi connectivity index (χ1v) is 6.26. The molecule has 0 radical (unpaired) electrons. The molecule has 4 nitrogen and oxygen atoms in total. The third-order valence-corrected chi connectivity index (χ3v) is 2.40. The van der Waals surface area contributed by atoms with Gasteiger partial charge in [0, 0.05) is 18.8 Å². The van der Waals surface area contributed by atoms with Crippen LogP contribution in [0.15, 0.2) is 24.3 Å². The quantitative estimate of drug-likeness (QED) is 0.569. The minimum absolute atomic E-state index is 0.200. The summed E-state index contributed by atoms with van der Waals surface area (Å²) in [5, 5.41) is 3.17. The van der Waals surface area contributed by atoms with E-state index in [9.17, 15) is 4.79 Å². The van der Waals surface area contributed by atoms with Gasteiger partial charge in [0.1, 0.15) is 6.61 Å². The van der Waals surface area contributed by atoms with Crippen LogP contribution in [-0.4, -0.2) is 32.3 Å². The topological polar surface area (TPSA) is 47.6 Å². The lowest BCUT2D eigenvalue weighted by atomic mass is 10.2. The largest absolute Gasteiger partial charge is 0.463 e. The Bertz CT molecular complexity index is 349. The molecule has 0 bridgehead atoms. The Hall–Kier alpha value is -1.55. The number of ether oxygens (including phenoxy) is 2. The monoisotopic (exact) mass is 251 g/mol. The van der Waals surface area contributed by atoms with Crippen LogP contribution in [0.3, 0.4) is 0 Å². The van der Waals surface area contributed by atoms with Crippen LogP contribution in [0, 0.1) is 6.92 Å². The number of anilines is 1. The lowest BCUT2D eigenvalue weighted by Gasteiger charge is -2.07. The second kappa shape index (κ2) is 8.53. The molecule has 0 heterocycles. The summed E-state index contributed by atoms with van der Waals surface area (Å²) < 4.78 is 10.1. The molecule has 0 saturated heterocycles. The van der Waals surface area contributed by atoms with Gasteiger partial charge in [-0.1, -0.05) is 17.7 Å². The average Bonchev–Trinajstić information content (AvgIpc) is 2.37. The number of aryl methyl sites for hydroxylation is 1. The molecule has 0 spiro atoms. The predicted octanol–water partition coefficient (Wildman–Crippen LogP) is 2.38. The number of esters is 1. The molecular weight excluding hydrogens is 230 g/mol. The van der Waals surface area contributed by atoms with E-state index in [1.54, 1.807) is 0 Å². The molecule has 18 heavy (non-hydrogen) atoms. The Kier molecular flexibility index (Phi) is 6.87. The van der Waals surface area contributed by atoms with Gasteiger partial charge in [-0.15, -0.1) is 0 Å². The number of rotatable bonds is 8. The fourth-order valence-corrected chi connectivity index (χ4v) is 1.41. The van der Waals surface area contributed by atoms with E-state index in [0.717, 1.165) is 5.69 Å². The number of benzene rings is 1. The molecule has 0 amide bonds. The van der Waals surface area contributed by atoms with Crippen LogP contribution in [-0.2, 0) is 14.3 Å². The van der Waals surface area contributed by atoms with Gasteiger partial charge >= 0.3 is 5.97 Å². The summed E-state index contributed by atoms with van der Waals surface area (Å²) >= 11 is 0. The Morgan fingerprint density at radius 2 is 1.94 bits per heavy atom. The van der Waals surface area contributed by atoms with Crippen LogP contribution in [0.1, 0.15) is 18.9 Å². The number of carbonyl (C=O) groups excluding carboxylic acids is 1. The van der Waals surface area contributed by atoms with Crippen molar-refractivity contribution in [2.75, 3.05) is 31.7 Å². The van der Waals surface area contributed by atoms with Crippen molar-refractivity contribution < 1.29 is 14.3 Å². The van der Waals surface area contributed by atoms with Crippen LogP contribution < -0.4 is 5.32 Å². The Balaban J connectivity index is 2.10. The molecule has 1 N–H and O–H groups in total. The van der Waals surface area contributed by atoms with Crippen molar-refractivity contribution in [2.45, 2.75) is 20.3 Å². The summed E-state index contributed by atoms with van der Waals surface area (Å²) in [5.41, 5.74) is 2.23. The summed E-state index contributed by atoms with van der Waals surface area (Å²) in [6.45, 7) is 5.97. The van der Waals surface area contributed by atoms with E-state index in [1.165, 1.54) is 5.56 Å². The average molecular weight is 251 g/mol. The second-order valence-electron chi connectivity index (χ2n) is 3.96. The van der Waals surface area contributed by atoms with E-state index in [0.29, 0.717) is 32.8 Å². The molecule has 4 heteroatoms. The van der Waals surface area contributed by atoms with Crippen LogP contribution in [0.2, 0.25) is 0 Å². The zero-order chi connectivity index (χ0) is 13.2. The third kappa shape index (κ3) is 6.25. The highest BCUT2D eigenvalue weighted by molar-refractivity contribution is 5.70. The molecule has 0 aliphatic carbocycles. The van der Waals surface area contributed by atoms with Gasteiger partial charge in [0.25, 0.3) is 0 Å². The summed E-state index contributed by atoms with van der Waals surface area (Å²) in [4.78, 5) is 11.3. The standard InChI is InChI=1S/C14H21NO3/c1-3-17-10-11-18-14(16)8-9-15-13-6-4-12(2)5-7-13/h4-7,15H,3,8-11H2,1-2H3. The van der Waals surface area contributed by atoms with Crippen molar-refractivity contribution in [3.63, 3.8) is 0 Å².